The van der Waals surface area contributed by atoms with Crippen LogP contribution in [0.4, 0.5) is 5.69 Å². The first-order valence-electron chi connectivity index (χ1n) is 9.84. The molecule has 1 aliphatic heterocycles. The van der Waals surface area contributed by atoms with Crippen molar-refractivity contribution in [2.75, 3.05) is 12.0 Å². The molecule has 1 atom stereocenters. The Morgan fingerprint density at radius 1 is 1.03 bits per heavy atom. The number of rotatable bonds is 4. The van der Waals surface area contributed by atoms with Crippen LogP contribution in [0.15, 0.2) is 72.6 Å². The molecular formula is C25H22N2O4. The Kier molecular flexibility index (Phi) is 5.29. The van der Waals surface area contributed by atoms with Crippen molar-refractivity contribution < 1.29 is 19.4 Å². The van der Waals surface area contributed by atoms with Gasteiger partial charge in [0, 0.05) is 23.6 Å². The van der Waals surface area contributed by atoms with Crippen molar-refractivity contribution in [1.29, 1.82) is 0 Å². The molecule has 0 spiro atoms. The van der Waals surface area contributed by atoms with E-state index >= 15 is 0 Å². The molecular weight excluding hydrogens is 392 g/mol. The number of nitrogens with zero attached hydrogens (tertiary/aromatic N) is 2. The van der Waals surface area contributed by atoms with Crippen molar-refractivity contribution in [3.05, 3.63) is 94.8 Å². The normalized spacial score (nSPS) is 17.8. The van der Waals surface area contributed by atoms with Gasteiger partial charge in [-0.2, -0.15) is 0 Å². The van der Waals surface area contributed by atoms with Crippen molar-refractivity contribution in [3.63, 3.8) is 0 Å². The molecule has 1 aromatic heterocycles. The Morgan fingerprint density at radius 3 is 2.29 bits per heavy atom. The smallest absolute Gasteiger partial charge is 0.300 e. The zero-order valence-electron chi connectivity index (χ0n) is 17.5. The van der Waals surface area contributed by atoms with Crippen molar-refractivity contribution >= 4 is 23.1 Å². The van der Waals surface area contributed by atoms with Crippen LogP contribution >= 0.6 is 0 Å². The number of carbonyl (C=O) groups is 2. The molecule has 1 aliphatic rings. The standard InChI is InChI=1S/C25H22N2O4/c1-15-11-16(2)13-19(12-15)27-22(18-5-4-10-26-14-18)21(24(29)25(27)30)23(28)17-6-8-20(31-3)9-7-17/h4-14,22,28H,1-3H3/b23-21+. The van der Waals surface area contributed by atoms with Crippen LogP contribution in [0.3, 0.4) is 0 Å². The number of aryl methyl sites for hydroxylation is 2. The topological polar surface area (TPSA) is 79.7 Å². The zero-order valence-corrected chi connectivity index (χ0v) is 17.5. The van der Waals surface area contributed by atoms with Crippen LogP contribution in [-0.2, 0) is 9.59 Å². The van der Waals surface area contributed by atoms with E-state index in [2.05, 4.69) is 4.98 Å². The molecule has 1 fully saturated rings. The number of hydrogen-bond acceptors (Lipinski definition) is 5. The van der Waals surface area contributed by atoms with Crippen molar-refractivity contribution in [2.24, 2.45) is 0 Å². The summed E-state index contributed by atoms with van der Waals surface area (Å²) in [6.07, 6.45) is 3.23. The van der Waals surface area contributed by atoms with E-state index in [1.54, 1.807) is 55.9 Å². The van der Waals surface area contributed by atoms with Gasteiger partial charge >= 0.3 is 0 Å². The lowest BCUT2D eigenvalue weighted by Crippen LogP contribution is -2.29. The first-order chi connectivity index (χ1) is 14.9. The molecule has 2 heterocycles. The minimum Gasteiger partial charge on any atom is -0.507 e. The summed E-state index contributed by atoms with van der Waals surface area (Å²) in [4.78, 5) is 31.9. The number of anilines is 1. The summed E-state index contributed by atoms with van der Waals surface area (Å²) in [7, 11) is 1.55. The fraction of sp³-hybridized carbons (Fsp3) is 0.160. The lowest BCUT2D eigenvalue weighted by Gasteiger charge is -2.25. The third-order valence-corrected chi connectivity index (χ3v) is 5.29. The molecule has 3 aromatic rings. The number of aliphatic hydroxyl groups excluding tert-OH is 1. The summed E-state index contributed by atoms with van der Waals surface area (Å²) < 4.78 is 5.17. The van der Waals surface area contributed by atoms with E-state index in [9.17, 15) is 14.7 Å². The lowest BCUT2D eigenvalue weighted by molar-refractivity contribution is -0.132. The molecule has 6 heteroatoms. The molecule has 0 radical (unpaired) electrons. The van der Waals surface area contributed by atoms with Crippen LogP contribution in [0.25, 0.3) is 5.76 Å². The van der Waals surface area contributed by atoms with Crippen LogP contribution in [0.1, 0.15) is 28.3 Å². The van der Waals surface area contributed by atoms with E-state index in [0.29, 0.717) is 22.6 Å². The molecule has 6 nitrogen and oxygen atoms in total. The van der Waals surface area contributed by atoms with Gasteiger partial charge in [-0.15, -0.1) is 0 Å². The summed E-state index contributed by atoms with van der Waals surface area (Å²) >= 11 is 0. The number of pyridine rings is 1. The van der Waals surface area contributed by atoms with Gasteiger partial charge in [0.25, 0.3) is 11.7 Å². The van der Waals surface area contributed by atoms with Gasteiger partial charge in [-0.25, -0.2) is 0 Å². The lowest BCUT2D eigenvalue weighted by atomic mass is 9.96. The van der Waals surface area contributed by atoms with Crippen LogP contribution in [0.5, 0.6) is 5.75 Å². The largest absolute Gasteiger partial charge is 0.507 e. The number of ketones is 1. The van der Waals surface area contributed by atoms with E-state index in [0.717, 1.165) is 11.1 Å². The SMILES string of the molecule is COc1ccc(/C(O)=C2\C(=O)C(=O)N(c3cc(C)cc(C)c3)C2c2cccnc2)cc1. The van der Waals surface area contributed by atoms with E-state index in [1.807, 2.05) is 32.0 Å². The van der Waals surface area contributed by atoms with Crippen LogP contribution in [-0.4, -0.2) is 28.9 Å². The number of carbonyl (C=O) groups excluding carboxylic acids is 2. The molecule has 4 rings (SSSR count). The molecule has 0 saturated carbocycles. The molecule has 0 bridgehead atoms. The molecule has 0 aliphatic carbocycles. The van der Waals surface area contributed by atoms with Crippen molar-refractivity contribution in [2.45, 2.75) is 19.9 Å². The summed E-state index contributed by atoms with van der Waals surface area (Å²) in [6, 6.07) is 15.1. The van der Waals surface area contributed by atoms with E-state index in [4.69, 9.17) is 4.74 Å². The number of benzene rings is 2. The molecule has 2 aromatic carbocycles. The van der Waals surface area contributed by atoms with E-state index in [1.165, 1.54) is 4.90 Å². The molecule has 31 heavy (non-hydrogen) atoms. The third kappa shape index (κ3) is 3.68. The monoisotopic (exact) mass is 414 g/mol. The first-order valence-corrected chi connectivity index (χ1v) is 9.84. The second-order valence-corrected chi connectivity index (χ2v) is 7.53. The highest BCUT2D eigenvalue weighted by atomic mass is 16.5. The first kappa shape index (κ1) is 20.3. The van der Waals surface area contributed by atoms with Crippen LogP contribution in [0.2, 0.25) is 0 Å². The molecule has 1 saturated heterocycles. The minimum absolute atomic E-state index is 0.0299. The maximum absolute atomic E-state index is 13.1. The second kappa shape index (κ2) is 8.07. The number of methoxy groups -OCH3 is 1. The van der Waals surface area contributed by atoms with Crippen LogP contribution < -0.4 is 9.64 Å². The molecule has 1 unspecified atom stereocenters. The number of hydrogen-bond donors (Lipinski definition) is 1. The molecule has 1 amide bonds. The minimum atomic E-state index is -0.794. The quantitative estimate of drug-likeness (QED) is 0.390. The average Bonchev–Trinajstić information content (AvgIpc) is 3.04. The summed E-state index contributed by atoms with van der Waals surface area (Å²) in [6.45, 7) is 3.87. The number of aromatic nitrogens is 1. The van der Waals surface area contributed by atoms with Gasteiger partial charge in [0.2, 0.25) is 0 Å². The van der Waals surface area contributed by atoms with E-state index < -0.39 is 17.7 Å². The highest BCUT2D eigenvalue weighted by Crippen LogP contribution is 2.42. The predicted octanol–water partition coefficient (Wildman–Crippen LogP) is 4.33. The predicted molar refractivity (Wildman–Crippen MR) is 118 cm³/mol. The number of amides is 1. The van der Waals surface area contributed by atoms with Gasteiger partial charge in [0.1, 0.15) is 11.5 Å². The van der Waals surface area contributed by atoms with Gasteiger partial charge in [0.15, 0.2) is 0 Å². The zero-order chi connectivity index (χ0) is 22.1. The van der Waals surface area contributed by atoms with Crippen LogP contribution in [0, 0.1) is 13.8 Å². The van der Waals surface area contributed by atoms with Gasteiger partial charge < -0.3 is 9.84 Å². The Balaban J connectivity index is 1.93. The van der Waals surface area contributed by atoms with Gasteiger partial charge in [-0.3, -0.25) is 19.5 Å². The van der Waals surface area contributed by atoms with Gasteiger partial charge in [0.05, 0.1) is 18.7 Å². The van der Waals surface area contributed by atoms with Gasteiger partial charge in [-0.1, -0.05) is 12.1 Å². The summed E-state index contributed by atoms with van der Waals surface area (Å²) in [5, 5.41) is 11.1. The number of Topliss-reactive ketones (excluding diaryl/α,β-unsaturated/α-hetero) is 1. The molecule has 156 valence electrons. The van der Waals surface area contributed by atoms with E-state index in [-0.39, 0.29) is 11.3 Å². The average molecular weight is 414 g/mol. The Hall–Kier alpha value is -3.93. The summed E-state index contributed by atoms with van der Waals surface area (Å²) in [5.41, 5.74) is 3.63. The van der Waals surface area contributed by atoms with Crippen molar-refractivity contribution in [1.82, 2.24) is 4.98 Å². The highest BCUT2D eigenvalue weighted by molar-refractivity contribution is 6.51. The summed E-state index contributed by atoms with van der Waals surface area (Å²) in [5.74, 6) is -1.03. The molecule has 1 N–H and O–H groups in total. The highest BCUT2D eigenvalue weighted by Gasteiger charge is 2.47. The third-order valence-electron chi connectivity index (χ3n) is 5.29. The fourth-order valence-corrected chi connectivity index (χ4v) is 3.95. The Bertz CT molecular complexity index is 1160. The second-order valence-electron chi connectivity index (χ2n) is 7.53. The Labute approximate surface area is 180 Å². The fourth-order valence-electron chi connectivity index (χ4n) is 3.95. The maximum atomic E-state index is 13.1. The maximum Gasteiger partial charge on any atom is 0.300 e. The number of ether oxygens (including phenoxy) is 1. The van der Waals surface area contributed by atoms with Gasteiger partial charge in [-0.05, 0) is 73.0 Å². The Morgan fingerprint density at radius 2 is 1.71 bits per heavy atom. The number of aliphatic hydroxyl groups is 1. The van der Waals surface area contributed by atoms with Crippen molar-refractivity contribution in [3.8, 4) is 5.75 Å².